The maximum absolute atomic E-state index is 13.7. The summed E-state index contributed by atoms with van der Waals surface area (Å²) < 4.78 is 47.1. The number of nitrogens with zero attached hydrogens (tertiary/aromatic N) is 3. The standard InChI is InChI=1S/C33H24Cl2F3N5O2/c34-26-13-8-19(14-27(26)35)20(16-39)17-43(32(44)33(36,37)38)22-11-9-21(10-12-22)42-30-15-28(40-18-41-30)25-6-3-5-24-23-4-1-2-7-29(23)45-31(24)25/h1-15,18,20H,16-17,39H2,(H,40,41,42). The Balaban J connectivity index is 1.26. The highest BCUT2D eigenvalue weighted by atomic mass is 35.5. The molecule has 0 spiro atoms. The van der Waals surface area contributed by atoms with Crippen molar-refractivity contribution in [1.29, 1.82) is 0 Å². The van der Waals surface area contributed by atoms with Crippen LogP contribution in [0.5, 0.6) is 0 Å². The molecule has 1 unspecified atom stereocenters. The van der Waals surface area contributed by atoms with Gasteiger partial charge in [-0.15, -0.1) is 0 Å². The van der Waals surface area contributed by atoms with Crippen LogP contribution in [0.25, 0.3) is 33.2 Å². The second-order valence-electron chi connectivity index (χ2n) is 10.3. The van der Waals surface area contributed by atoms with E-state index in [-0.39, 0.29) is 23.8 Å². The quantitative estimate of drug-likeness (QED) is 0.171. The molecule has 0 aliphatic carbocycles. The number of anilines is 3. The van der Waals surface area contributed by atoms with Crippen molar-refractivity contribution < 1.29 is 22.4 Å². The summed E-state index contributed by atoms with van der Waals surface area (Å²) in [6, 6.07) is 26.0. The van der Waals surface area contributed by atoms with E-state index >= 15 is 0 Å². The molecule has 2 aromatic heterocycles. The fourth-order valence-electron chi connectivity index (χ4n) is 5.16. The van der Waals surface area contributed by atoms with E-state index in [4.69, 9.17) is 33.4 Å². The Hall–Kier alpha value is -4.64. The normalized spacial score (nSPS) is 12.4. The molecule has 3 N–H and O–H groups in total. The Morgan fingerprint density at radius 3 is 2.40 bits per heavy atom. The molecule has 228 valence electrons. The third kappa shape index (κ3) is 6.30. The Labute approximate surface area is 265 Å². The lowest BCUT2D eigenvalue weighted by atomic mass is 9.98. The van der Waals surface area contributed by atoms with Crippen molar-refractivity contribution in [3.05, 3.63) is 113 Å². The van der Waals surface area contributed by atoms with Gasteiger partial charge in [-0.1, -0.05) is 59.6 Å². The van der Waals surface area contributed by atoms with Gasteiger partial charge in [0, 0.05) is 52.8 Å². The van der Waals surface area contributed by atoms with E-state index in [2.05, 4.69) is 15.3 Å². The number of rotatable bonds is 8. The highest BCUT2D eigenvalue weighted by molar-refractivity contribution is 6.42. The number of aromatic nitrogens is 2. The first-order valence-corrected chi connectivity index (χ1v) is 14.5. The van der Waals surface area contributed by atoms with Crippen molar-refractivity contribution in [3.63, 3.8) is 0 Å². The minimum absolute atomic E-state index is 0.0307. The number of alkyl halides is 3. The summed E-state index contributed by atoms with van der Waals surface area (Å²) in [5.74, 6) is -2.20. The highest BCUT2D eigenvalue weighted by Crippen LogP contribution is 2.36. The van der Waals surface area contributed by atoms with Crippen molar-refractivity contribution in [2.24, 2.45) is 5.73 Å². The molecule has 0 radical (unpaired) electrons. The average molecular weight is 650 g/mol. The van der Waals surface area contributed by atoms with E-state index in [1.807, 2.05) is 42.5 Å². The van der Waals surface area contributed by atoms with Crippen LogP contribution in [0.1, 0.15) is 11.5 Å². The fraction of sp³-hybridized carbons (Fsp3) is 0.121. The van der Waals surface area contributed by atoms with Crippen molar-refractivity contribution in [2.75, 3.05) is 23.3 Å². The number of nitrogens with two attached hydrogens (primary N) is 1. The molecule has 0 saturated carbocycles. The third-order valence-electron chi connectivity index (χ3n) is 7.39. The number of nitrogens with one attached hydrogen (secondary N) is 1. The summed E-state index contributed by atoms with van der Waals surface area (Å²) in [4.78, 5) is 21.9. The van der Waals surface area contributed by atoms with Gasteiger partial charge in [-0.3, -0.25) is 4.79 Å². The van der Waals surface area contributed by atoms with E-state index in [1.165, 1.54) is 30.6 Å². The number of carbonyl (C=O) groups is 1. The van der Waals surface area contributed by atoms with Crippen LogP contribution in [0.2, 0.25) is 10.0 Å². The molecule has 0 saturated heterocycles. The zero-order chi connectivity index (χ0) is 31.7. The van der Waals surface area contributed by atoms with Crippen molar-refractivity contribution >= 4 is 68.2 Å². The number of benzene rings is 4. The maximum Gasteiger partial charge on any atom is 0.471 e. The summed E-state index contributed by atoms with van der Waals surface area (Å²) in [5.41, 5.74) is 9.91. The topological polar surface area (TPSA) is 97.3 Å². The Morgan fingerprint density at radius 1 is 0.911 bits per heavy atom. The smallest absolute Gasteiger partial charge is 0.455 e. The lowest BCUT2D eigenvalue weighted by molar-refractivity contribution is -0.170. The molecule has 6 rings (SSSR count). The molecule has 45 heavy (non-hydrogen) atoms. The first-order chi connectivity index (χ1) is 21.6. The van der Waals surface area contributed by atoms with Crippen molar-refractivity contribution in [1.82, 2.24) is 9.97 Å². The van der Waals surface area contributed by atoms with E-state index in [0.29, 0.717) is 38.3 Å². The number of carbonyl (C=O) groups excluding carboxylic acids is 1. The first-order valence-electron chi connectivity index (χ1n) is 13.8. The van der Waals surface area contributed by atoms with Gasteiger partial charge in [0.2, 0.25) is 0 Å². The zero-order valence-electron chi connectivity index (χ0n) is 23.4. The van der Waals surface area contributed by atoms with Gasteiger partial charge in [0.05, 0.1) is 15.7 Å². The molecule has 7 nitrogen and oxygen atoms in total. The SMILES string of the molecule is NCC(CN(C(=O)C(F)(F)F)c1ccc(Nc2cc(-c3cccc4c3oc3ccccc34)ncn2)cc1)c1ccc(Cl)c(Cl)c1. The van der Waals surface area contributed by atoms with Crippen LogP contribution >= 0.6 is 23.2 Å². The second kappa shape index (κ2) is 12.4. The highest BCUT2D eigenvalue weighted by Gasteiger charge is 2.43. The van der Waals surface area contributed by atoms with Gasteiger partial charge in [0.1, 0.15) is 23.3 Å². The molecule has 0 fully saturated rings. The lowest BCUT2D eigenvalue weighted by Gasteiger charge is -2.28. The minimum atomic E-state index is -5.10. The number of halogens is 5. The van der Waals surface area contributed by atoms with Crippen LogP contribution in [-0.4, -0.2) is 35.1 Å². The van der Waals surface area contributed by atoms with Gasteiger partial charge in [0.15, 0.2) is 0 Å². The number of para-hydroxylation sites is 2. The number of hydrogen-bond donors (Lipinski definition) is 2. The number of amides is 1. The molecule has 0 aliphatic heterocycles. The average Bonchev–Trinajstić information content (AvgIpc) is 3.42. The summed E-state index contributed by atoms with van der Waals surface area (Å²) in [6.07, 6.45) is -3.69. The molecular weight excluding hydrogens is 626 g/mol. The summed E-state index contributed by atoms with van der Waals surface area (Å²) >= 11 is 12.1. The predicted octanol–water partition coefficient (Wildman–Crippen LogP) is 8.73. The predicted molar refractivity (Wildman–Crippen MR) is 171 cm³/mol. The second-order valence-corrected chi connectivity index (χ2v) is 11.1. The van der Waals surface area contributed by atoms with Crippen LogP contribution in [0.15, 0.2) is 102 Å². The molecular formula is C33H24Cl2F3N5O2. The molecule has 4 aromatic carbocycles. The van der Waals surface area contributed by atoms with Crippen LogP contribution in [-0.2, 0) is 4.79 Å². The third-order valence-corrected chi connectivity index (χ3v) is 8.13. The van der Waals surface area contributed by atoms with Crippen molar-refractivity contribution in [2.45, 2.75) is 12.1 Å². The zero-order valence-corrected chi connectivity index (χ0v) is 24.9. The number of furan rings is 1. The molecule has 1 atom stereocenters. The van der Waals surface area contributed by atoms with Gasteiger partial charge >= 0.3 is 12.1 Å². The van der Waals surface area contributed by atoms with E-state index in [9.17, 15) is 18.0 Å². The Bertz CT molecular complexity index is 2010. The van der Waals surface area contributed by atoms with Gasteiger partial charge in [-0.25, -0.2) is 9.97 Å². The van der Waals surface area contributed by atoms with E-state index in [0.717, 1.165) is 21.9 Å². The maximum atomic E-state index is 13.7. The van der Waals surface area contributed by atoms with Gasteiger partial charge < -0.3 is 20.4 Å². The molecule has 2 heterocycles. The van der Waals surface area contributed by atoms with Gasteiger partial charge in [-0.05, 0) is 54.1 Å². The monoisotopic (exact) mass is 649 g/mol. The molecule has 0 aliphatic rings. The molecule has 6 aromatic rings. The van der Waals surface area contributed by atoms with Crippen LogP contribution in [0.4, 0.5) is 30.4 Å². The van der Waals surface area contributed by atoms with Crippen molar-refractivity contribution in [3.8, 4) is 11.3 Å². The van der Waals surface area contributed by atoms with Crippen LogP contribution < -0.4 is 16.0 Å². The molecule has 12 heteroatoms. The number of fused-ring (bicyclic) bond motifs is 3. The summed E-state index contributed by atoms with van der Waals surface area (Å²) in [6.45, 7) is -0.362. The van der Waals surface area contributed by atoms with E-state index in [1.54, 1.807) is 24.3 Å². The Kier molecular flexibility index (Phi) is 8.37. The van der Waals surface area contributed by atoms with E-state index < -0.39 is 18.0 Å². The summed E-state index contributed by atoms with van der Waals surface area (Å²) in [5, 5.41) is 5.63. The fourth-order valence-corrected chi connectivity index (χ4v) is 5.46. The first kappa shape index (κ1) is 30.4. The lowest BCUT2D eigenvalue weighted by Crippen LogP contribution is -2.44. The van der Waals surface area contributed by atoms with Gasteiger partial charge in [-0.2, -0.15) is 13.2 Å². The number of hydrogen-bond acceptors (Lipinski definition) is 6. The largest absolute Gasteiger partial charge is 0.471 e. The molecule has 1 amide bonds. The van der Waals surface area contributed by atoms with Crippen LogP contribution in [0.3, 0.4) is 0 Å². The van der Waals surface area contributed by atoms with Crippen LogP contribution in [0, 0.1) is 0 Å². The summed E-state index contributed by atoms with van der Waals surface area (Å²) in [7, 11) is 0. The Morgan fingerprint density at radius 2 is 1.67 bits per heavy atom. The van der Waals surface area contributed by atoms with Gasteiger partial charge in [0.25, 0.3) is 0 Å². The minimum Gasteiger partial charge on any atom is -0.455 e. The molecule has 0 bridgehead atoms.